The second-order valence-electron chi connectivity index (χ2n) is 10.6. The minimum atomic E-state index is -4.47. The number of alkyl halides is 3. The Morgan fingerprint density at radius 1 is 1.21 bits per heavy atom. The number of rotatable bonds is 9. The van der Waals surface area contributed by atoms with Gasteiger partial charge in [-0.25, -0.2) is 14.1 Å². The molecule has 13 heteroatoms. The molecule has 3 aliphatic rings. The maximum atomic E-state index is 13.2. The second kappa shape index (κ2) is 9.35. The number of nitrogens with one attached hydrogen (secondary N) is 2. The third kappa shape index (κ3) is 4.85. The molecule has 4 heterocycles. The van der Waals surface area contributed by atoms with Gasteiger partial charge in [-0.05, 0) is 73.6 Å². The standard InChI is InChI=1S/C25H28F3N7O3/c1-2-16-22(34-38-33-16)24(37)31-21(20(12-3-4-12)13-5-6-13)17-11-35-19(29-17)8-7-15(32-35)9-14-10-18(25(26,27)28)30-23(14)36/h7-8,11-14,18,20-21H,2-6,9-10H2,1H3,(H,30,36)(H,31,37)/t14-,18-,21+/m0/s1. The largest absolute Gasteiger partial charge is 0.408 e. The van der Waals surface area contributed by atoms with Crippen LogP contribution in [-0.2, 0) is 17.6 Å². The zero-order chi connectivity index (χ0) is 26.6. The van der Waals surface area contributed by atoms with Crippen molar-refractivity contribution >= 4 is 17.5 Å². The summed E-state index contributed by atoms with van der Waals surface area (Å²) in [6, 6.07) is 1.23. The maximum Gasteiger partial charge on any atom is 0.408 e. The van der Waals surface area contributed by atoms with E-state index in [0.717, 1.165) is 25.7 Å². The smallest absolute Gasteiger partial charge is 0.344 e. The Balaban J connectivity index is 1.26. The van der Waals surface area contributed by atoms with Gasteiger partial charge in [0.1, 0.15) is 11.7 Å². The Labute approximate surface area is 215 Å². The molecule has 38 heavy (non-hydrogen) atoms. The van der Waals surface area contributed by atoms with Crippen molar-refractivity contribution in [2.75, 3.05) is 0 Å². The first-order valence-electron chi connectivity index (χ1n) is 13.1. The van der Waals surface area contributed by atoms with Crippen molar-refractivity contribution in [3.63, 3.8) is 0 Å². The van der Waals surface area contributed by atoms with E-state index in [4.69, 9.17) is 9.61 Å². The van der Waals surface area contributed by atoms with E-state index in [1.807, 2.05) is 12.2 Å². The number of halogens is 3. The average molecular weight is 532 g/mol. The Morgan fingerprint density at radius 3 is 2.58 bits per heavy atom. The molecule has 2 amide bonds. The monoisotopic (exact) mass is 531 g/mol. The predicted octanol–water partition coefficient (Wildman–Crippen LogP) is 3.19. The number of fused-ring (bicyclic) bond motifs is 1. The van der Waals surface area contributed by atoms with Gasteiger partial charge in [-0.15, -0.1) is 0 Å². The molecular weight excluding hydrogens is 503 g/mol. The minimum Gasteiger partial charge on any atom is -0.344 e. The van der Waals surface area contributed by atoms with Gasteiger partial charge in [0.25, 0.3) is 5.91 Å². The van der Waals surface area contributed by atoms with Gasteiger partial charge in [-0.1, -0.05) is 12.1 Å². The molecule has 2 N–H and O–H groups in total. The van der Waals surface area contributed by atoms with Gasteiger partial charge < -0.3 is 10.6 Å². The lowest BCUT2D eigenvalue weighted by Gasteiger charge is -2.26. The van der Waals surface area contributed by atoms with Crippen LogP contribution in [0.2, 0.25) is 0 Å². The summed E-state index contributed by atoms with van der Waals surface area (Å²) in [4.78, 5) is 30.1. The van der Waals surface area contributed by atoms with E-state index in [0.29, 0.717) is 41.0 Å². The molecule has 10 nitrogen and oxygen atoms in total. The number of nitrogens with zero attached hydrogens (tertiary/aromatic N) is 5. The van der Waals surface area contributed by atoms with Crippen LogP contribution in [0, 0.1) is 23.7 Å². The summed E-state index contributed by atoms with van der Waals surface area (Å²) in [5.74, 6) is -0.547. The second-order valence-corrected chi connectivity index (χ2v) is 10.6. The normalized spacial score (nSPS) is 22.7. The van der Waals surface area contributed by atoms with E-state index >= 15 is 0 Å². The van der Waals surface area contributed by atoms with Crippen LogP contribution in [0.5, 0.6) is 0 Å². The molecule has 3 atom stereocenters. The molecule has 3 aromatic heterocycles. The molecule has 0 aromatic carbocycles. The van der Waals surface area contributed by atoms with Gasteiger partial charge in [0.05, 0.1) is 23.6 Å². The number of hydrogen-bond donors (Lipinski definition) is 2. The molecule has 0 spiro atoms. The first-order chi connectivity index (χ1) is 18.2. The van der Waals surface area contributed by atoms with Gasteiger partial charge >= 0.3 is 6.18 Å². The highest BCUT2D eigenvalue weighted by Crippen LogP contribution is 2.54. The Kier molecular flexibility index (Phi) is 6.10. The van der Waals surface area contributed by atoms with E-state index in [9.17, 15) is 22.8 Å². The number of aryl methyl sites for hydroxylation is 1. The first kappa shape index (κ1) is 24.8. The number of aromatic nitrogens is 5. The zero-order valence-electron chi connectivity index (χ0n) is 20.7. The SMILES string of the molecule is CCc1nonc1C(=O)N[C@H](c1cn2nc(C[C@H]3C[C@@H](C(F)(F)F)NC3=O)ccc2n1)C(C1CC1)C1CC1. The van der Waals surface area contributed by atoms with Crippen LogP contribution in [0.15, 0.2) is 23.0 Å². The topological polar surface area (TPSA) is 127 Å². The minimum absolute atomic E-state index is 0.0910. The lowest BCUT2D eigenvalue weighted by Crippen LogP contribution is -2.38. The lowest BCUT2D eigenvalue weighted by atomic mass is 9.87. The van der Waals surface area contributed by atoms with Crippen LogP contribution in [0.3, 0.4) is 0 Å². The van der Waals surface area contributed by atoms with Crippen molar-refractivity contribution in [2.24, 2.45) is 23.7 Å². The number of hydrogen-bond acceptors (Lipinski definition) is 7. The highest BCUT2D eigenvalue weighted by atomic mass is 19.4. The Hall–Kier alpha value is -3.51. The Morgan fingerprint density at radius 2 is 1.95 bits per heavy atom. The van der Waals surface area contributed by atoms with Crippen LogP contribution in [-0.4, -0.2) is 48.9 Å². The Bertz CT molecular complexity index is 1350. The van der Waals surface area contributed by atoms with Crippen LogP contribution in [0.25, 0.3) is 5.65 Å². The number of imidazole rings is 1. The average Bonchev–Trinajstić information content (AvgIpc) is 3.76. The molecule has 1 aliphatic heterocycles. The highest BCUT2D eigenvalue weighted by molar-refractivity contribution is 5.93. The summed E-state index contributed by atoms with van der Waals surface area (Å²) in [7, 11) is 0. The van der Waals surface area contributed by atoms with Crippen LogP contribution < -0.4 is 10.6 Å². The van der Waals surface area contributed by atoms with Gasteiger partial charge in [0.15, 0.2) is 11.3 Å². The molecule has 2 saturated carbocycles. The van der Waals surface area contributed by atoms with Crippen molar-refractivity contribution < 1.29 is 27.4 Å². The first-order valence-corrected chi connectivity index (χ1v) is 13.1. The number of carbonyl (C=O) groups is 2. The van der Waals surface area contributed by atoms with Gasteiger partial charge in [-0.2, -0.15) is 18.3 Å². The maximum absolute atomic E-state index is 13.2. The quantitative estimate of drug-likeness (QED) is 0.434. The van der Waals surface area contributed by atoms with Crippen LogP contribution in [0.1, 0.15) is 72.6 Å². The molecule has 0 unspecified atom stereocenters. The molecule has 202 valence electrons. The van der Waals surface area contributed by atoms with E-state index < -0.39 is 24.0 Å². The van der Waals surface area contributed by atoms with E-state index in [2.05, 4.69) is 20.7 Å². The third-order valence-corrected chi connectivity index (χ3v) is 7.88. The summed E-state index contributed by atoms with van der Waals surface area (Å²) in [6.07, 6.45) is 2.01. The van der Waals surface area contributed by atoms with Crippen molar-refractivity contribution in [3.8, 4) is 0 Å². The molecule has 3 aromatic rings. The highest BCUT2D eigenvalue weighted by Gasteiger charge is 2.48. The van der Waals surface area contributed by atoms with Gasteiger partial charge in [0, 0.05) is 12.3 Å². The van der Waals surface area contributed by atoms with E-state index in [-0.39, 0.29) is 36.4 Å². The van der Waals surface area contributed by atoms with E-state index in [1.54, 1.807) is 22.8 Å². The summed E-state index contributed by atoms with van der Waals surface area (Å²) in [5, 5.41) is 17.3. The zero-order valence-corrected chi connectivity index (χ0v) is 20.7. The van der Waals surface area contributed by atoms with Crippen LogP contribution in [0.4, 0.5) is 13.2 Å². The van der Waals surface area contributed by atoms with Crippen molar-refractivity contribution in [1.82, 2.24) is 35.5 Å². The van der Waals surface area contributed by atoms with Gasteiger partial charge in [-0.3, -0.25) is 9.59 Å². The van der Waals surface area contributed by atoms with Gasteiger partial charge in [0.2, 0.25) is 5.91 Å². The third-order valence-electron chi connectivity index (χ3n) is 7.88. The summed E-state index contributed by atoms with van der Waals surface area (Å²) < 4.78 is 45.5. The summed E-state index contributed by atoms with van der Waals surface area (Å²) in [5.41, 5.74) is 2.36. The molecule has 0 bridgehead atoms. The number of amides is 2. The lowest BCUT2D eigenvalue weighted by molar-refractivity contribution is -0.154. The molecule has 1 saturated heterocycles. The van der Waals surface area contributed by atoms with Crippen molar-refractivity contribution in [2.45, 2.75) is 70.1 Å². The van der Waals surface area contributed by atoms with E-state index in [1.165, 1.54) is 0 Å². The van der Waals surface area contributed by atoms with Crippen molar-refractivity contribution in [3.05, 3.63) is 41.1 Å². The molecule has 3 fully saturated rings. The number of carbonyl (C=O) groups excluding carboxylic acids is 2. The van der Waals surface area contributed by atoms with Crippen molar-refractivity contribution in [1.29, 1.82) is 0 Å². The summed E-state index contributed by atoms with van der Waals surface area (Å²) >= 11 is 0. The molecule has 6 rings (SSSR count). The molecule has 2 aliphatic carbocycles. The molecular formula is C25H28F3N7O3. The fourth-order valence-electron chi connectivity index (χ4n) is 5.66. The van der Waals surface area contributed by atoms with Crippen LogP contribution >= 0.6 is 0 Å². The predicted molar refractivity (Wildman–Crippen MR) is 126 cm³/mol. The summed E-state index contributed by atoms with van der Waals surface area (Å²) in [6.45, 7) is 1.87. The fraction of sp³-hybridized carbons (Fsp3) is 0.600. The molecule has 0 radical (unpaired) electrons. The fourth-order valence-corrected chi connectivity index (χ4v) is 5.66.